The fourth-order valence-corrected chi connectivity index (χ4v) is 4.08. The number of thiophene rings is 1. The minimum absolute atomic E-state index is 0.0371. The summed E-state index contributed by atoms with van der Waals surface area (Å²) in [5.41, 5.74) is 1.87. The molecule has 0 saturated carbocycles. The second kappa shape index (κ2) is 6.41. The summed E-state index contributed by atoms with van der Waals surface area (Å²) in [6, 6.07) is 3.92. The number of nitrogens with zero attached hydrogens (tertiary/aromatic N) is 4. The molecule has 4 heterocycles. The molecule has 0 aromatic carbocycles. The first-order valence-corrected chi connectivity index (χ1v) is 9.05. The Bertz CT molecular complexity index is 918. The molecule has 0 bridgehead atoms. The smallest absolute Gasteiger partial charge is 0.268 e. The van der Waals surface area contributed by atoms with E-state index in [4.69, 9.17) is 0 Å². The molecule has 4 rings (SSSR count). The van der Waals surface area contributed by atoms with Crippen LogP contribution in [0.25, 0.3) is 10.2 Å². The van der Waals surface area contributed by atoms with E-state index in [1.165, 1.54) is 11.3 Å². The van der Waals surface area contributed by atoms with E-state index < -0.39 is 0 Å². The molecule has 1 fully saturated rings. The number of fused-ring (bicyclic) bond motifs is 1. The van der Waals surface area contributed by atoms with Crippen molar-refractivity contribution in [2.75, 3.05) is 13.1 Å². The minimum Gasteiger partial charge on any atom is -0.308 e. The minimum atomic E-state index is -0.0371. The molecular weight excluding hydrogens is 322 g/mol. The molecule has 6 nitrogen and oxygen atoms in total. The molecule has 1 unspecified atom stereocenters. The lowest BCUT2D eigenvalue weighted by Gasteiger charge is -2.32. The quantitative estimate of drug-likeness (QED) is 0.792. The largest absolute Gasteiger partial charge is 0.308 e. The third-order valence-corrected chi connectivity index (χ3v) is 5.36. The van der Waals surface area contributed by atoms with Gasteiger partial charge in [0.15, 0.2) is 0 Å². The van der Waals surface area contributed by atoms with Gasteiger partial charge in [-0.3, -0.25) is 9.69 Å². The molecule has 1 aliphatic heterocycles. The molecule has 1 atom stereocenters. The second-order valence-electron chi connectivity index (χ2n) is 6.25. The third kappa shape index (κ3) is 3.09. The Morgan fingerprint density at radius 2 is 2.29 bits per heavy atom. The highest BCUT2D eigenvalue weighted by Crippen LogP contribution is 2.26. The number of nitrogens with one attached hydrogen (secondary N) is 1. The molecule has 3 aromatic rings. The van der Waals surface area contributed by atoms with Gasteiger partial charge in [-0.15, -0.1) is 11.3 Å². The summed E-state index contributed by atoms with van der Waals surface area (Å²) in [4.78, 5) is 30.7. The summed E-state index contributed by atoms with van der Waals surface area (Å²) in [6.45, 7) is 4.55. The van der Waals surface area contributed by atoms with Crippen molar-refractivity contribution >= 4 is 21.6 Å². The maximum absolute atomic E-state index is 12.1. The van der Waals surface area contributed by atoms with E-state index in [1.54, 1.807) is 0 Å². The van der Waals surface area contributed by atoms with Gasteiger partial charge >= 0.3 is 0 Å². The molecule has 1 N–H and O–H groups in total. The predicted octanol–water partition coefficient (Wildman–Crippen LogP) is 2.46. The first-order valence-electron chi connectivity index (χ1n) is 8.17. The molecule has 0 spiro atoms. The Kier molecular flexibility index (Phi) is 4.12. The lowest BCUT2D eigenvalue weighted by atomic mass is 9.94. The standard InChI is InChI=1S/C17H19N5OS/c1-11-18-6-4-13(19-11)12-3-2-7-22(9-12)10-15-20-14-5-8-24-16(14)17(23)21-15/h4-6,8,12H,2-3,7,9-10H2,1H3,(H,20,21,23). The third-order valence-electron chi connectivity index (χ3n) is 4.46. The SMILES string of the molecule is Cc1nccc(C2CCCN(Cc3nc4ccsc4c(=O)[nH]3)C2)n1. The van der Waals surface area contributed by atoms with Crippen LogP contribution in [0, 0.1) is 6.92 Å². The van der Waals surface area contributed by atoms with E-state index in [0.717, 1.165) is 48.8 Å². The number of aromatic nitrogens is 4. The van der Waals surface area contributed by atoms with Crippen LogP contribution in [0.3, 0.4) is 0 Å². The number of aryl methyl sites for hydroxylation is 1. The van der Waals surface area contributed by atoms with Crippen molar-refractivity contribution in [3.8, 4) is 0 Å². The lowest BCUT2D eigenvalue weighted by molar-refractivity contribution is 0.194. The zero-order valence-electron chi connectivity index (χ0n) is 13.5. The zero-order valence-corrected chi connectivity index (χ0v) is 14.3. The monoisotopic (exact) mass is 341 g/mol. The molecule has 7 heteroatoms. The van der Waals surface area contributed by atoms with Crippen molar-refractivity contribution < 1.29 is 0 Å². The van der Waals surface area contributed by atoms with Gasteiger partial charge in [-0.2, -0.15) is 0 Å². The molecule has 124 valence electrons. The van der Waals surface area contributed by atoms with Crippen molar-refractivity contribution in [1.29, 1.82) is 0 Å². The summed E-state index contributed by atoms with van der Waals surface area (Å²) in [7, 11) is 0. The average Bonchev–Trinajstić information content (AvgIpc) is 3.04. The molecule has 0 aliphatic carbocycles. The molecule has 3 aromatic heterocycles. The lowest BCUT2D eigenvalue weighted by Crippen LogP contribution is -2.35. The van der Waals surface area contributed by atoms with Gasteiger partial charge < -0.3 is 4.98 Å². The number of H-pyrrole nitrogens is 1. The van der Waals surface area contributed by atoms with Crippen molar-refractivity contribution in [3.63, 3.8) is 0 Å². The van der Waals surface area contributed by atoms with Crippen LogP contribution in [0.2, 0.25) is 0 Å². The van der Waals surface area contributed by atoms with E-state index in [-0.39, 0.29) is 5.56 Å². The molecular formula is C17H19N5OS. The van der Waals surface area contributed by atoms with Gasteiger partial charge in [-0.1, -0.05) is 0 Å². The van der Waals surface area contributed by atoms with Gasteiger partial charge in [-0.05, 0) is 43.8 Å². The first kappa shape index (κ1) is 15.4. The molecule has 1 aliphatic rings. The van der Waals surface area contributed by atoms with Crippen LogP contribution in [0.5, 0.6) is 0 Å². The number of hydrogen-bond donors (Lipinski definition) is 1. The predicted molar refractivity (Wildman–Crippen MR) is 94.3 cm³/mol. The normalized spacial score (nSPS) is 19.0. The summed E-state index contributed by atoms with van der Waals surface area (Å²) in [5.74, 6) is 1.97. The number of hydrogen-bond acceptors (Lipinski definition) is 6. The van der Waals surface area contributed by atoms with E-state index >= 15 is 0 Å². The van der Waals surface area contributed by atoms with Crippen LogP contribution in [0.15, 0.2) is 28.5 Å². The van der Waals surface area contributed by atoms with Crippen molar-refractivity contribution in [1.82, 2.24) is 24.8 Å². The van der Waals surface area contributed by atoms with Crippen LogP contribution in [0.1, 0.15) is 36.1 Å². The fraction of sp³-hybridized carbons (Fsp3) is 0.412. The number of piperidine rings is 1. The summed E-state index contributed by atoms with van der Waals surface area (Å²) in [6.07, 6.45) is 4.10. The Hall–Kier alpha value is -2.12. The first-order chi connectivity index (χ1) is 11.7. The number of likely N-dealkylation sites (tertiary alicyclic amines) is 1. The Labute approximate surface area is 143 Å². The van der Waals surface area contributed by atoms with Crippen molar-refractivity contribution in [3.05, 3.63) is 51.4 Å². The fourth-order valence-electron chi connectivity index (χ4n) is 3.35. The molecule has 24 heavy (non-hydrogen) atoms. The summed E-state index contributed by atoms with van der Waals surface area (Å²) in [5, 5.41) is 1.91. The van der Waals surface area contributed by atoms with Crippen LogP contribution >= 0.6 is 11.3 Å². The molecule has 1 saturated heterocycles. The van der Waals surface area contributed by atoms with E-state index in [9.17, 15) is 4.79 Å². The Morgan fingerprint density at radius 3 is 3.17 bits per heavy atom. The average molecular weight is 341 g/mol. The zero-order chi connectivity index (χ0) is 16.5. The van der Waals surface area contributed by atoms with E-state index in [0.29, 0.717) is 17.2 Å². The van der Waals surface area contributed by atoms with Gasteiger partial charge in [0, 0.05) is 24.4 Å². The van der Waals surface area contributed by atoms with Crippen molar-refractivity contribution in [2.24, 2.45) is 0 Å². The highest BCUT2D eigenvalue weighted by molar-refractivity contribution is 7.17. The van der Waals surface area contributed by atoms with Gasteiger partial charge in [0.1, 0.15) is 16.3 Å². The maximum Gasteiger partial charge on any atom is 0.268 e. The highest BCUT2D eigenvalue weighted by atomic mass is 32.1. The van der Waals surface area contributed by atoms with E-state index in [1.807, 2.05) is 30.6 Å². The molecule has 0 amide bonds. The summed E-state index contributed by atoms with van der Waals surface area (Å²) >= 11 is 1.43. The van der Waals surface area contributed by atoms with Gasteiger partial charge in [0.05, 0.1) is 12.1 Å². The van der Waals surface area contributed by atoms with Gasteiger partial charge in [-0.25, -0.2) is 15.0 Å². The van der Waals surface area contributed by atoms with Crippen LogP contribution in [-0.2, 0) is 6.54 Å². The Balaban J connectivity index is 1.52. The van der Waals surface area contributed by atoms with E-state index in [2.05, 4.69) is 24.8 Å². The van der Waals surface area contributed by atoms with Crippen LogP contribution in [0.4, 0.5) is 0 Å². The molecule has 0 radical (unpaired) electrons. The number of rotatable bonds is 3. The topological polar surface area (TPSA) is 74.8 Å². The van der Waals surface area contributed by atoms with Gasteiger partial charge in [0.2, 0.25) is 0 Å². The summed E-state index contributed by atoms with van der Waals surface area (Å²) < 4.78 is 0.701. The maximum atomic E-state index is 12.1. The Morgan fingerprint density at radius 1 is 1.38 bits per heavy atom. The van der Waals surface area contributed by atoms with Crippen LogP contribution < -0.4 is 5.56 Å². The number of aromatic amines is 1. The second-order valence-corrected chi connectivity index (χ2v) is 7.17. The highest BCUT2D eigenvalue weighted by Gasteiger charge is 2.23. The van der Waals surface area contributed by atoms with Gasteiger partial charge in [0.25, 0.3) is 5.56 Å². The van der Waals surface area contributed by atoms with Crippen LogP contribution in [-0.4, -0.2) is 37.9 Å². The van der Waals surface area contributed by atoms with Crippen molar-refractivity contribution in [2.45, 2.75) is 32.2 Å².